The van der Waals surface area contributed by atoms with Crippen LogP contribution in [0.25, 0.3) is 11.0 Å². The molecule has 1 aliphatic rings. The Balaban J connectivity index is 1.36. The molecule has 132 valence electrons. The molecule has 2 N–H and O–H groups in total. The number of anilines is 1. The molecule has 3 heterocycles. The number of pyridine rings is 1. The second-order valence-electron chi connectivity index (χ2n) is 6.09. The molecule has 4 rings (SSSR count). The lowest BCUT2D eigenvalue weighted by molar-refractivity contribution is 0.0672. The summed E-state index contributed by atoms with van der Waals surface area (Å²) in [6, 6.07) is 8.80. The fourth-order valence-corrected chi connectivity index (χ4v) is 3.00. The standard InChI is InChI=1S/C18H18N6O2/c25-17(13-3-4-15-16(10-13)21-12-20-15)23-6-8-24(9-7-23)18(26)22-14-2-1-5-19-11-14/h1-5,10-12H,6-9H2,(H,20,21)(H,22,26). The van der Waals surface area contributed by atoms with E-state index in [4.69, 9.17) is 0 Å². The van der Waals surface area contributed by atoms with Crippen molar-refractivity contribution in [3.8, 4) is 0 Å². The van der Waals surface area contributed by atoms with E-state index in [2.05, 4.69) is 20.3 Å². The van der Waals surface area contributed by atoms with E-state index >= 15 is 0 Å². The number of carbonyl (C=O) groups excluding carboxylic acids is 2. The maximum Gasteiger partial charge on any atom is 0.322 e. The number of fused-ring (bicyclic) bond motifs is 1. The van der Waals surface area contributed by atoms with Crippen LogP contribution in [0.5, 0.6) is 0 Å². The van der Waals surface area contributed by atoms with E-state index in [1.807, 2.05) is 12.1 Å². The predicted molar refractivity (Wildman–Crippen MR) is 96.8 cm³/mol. The first kappa shape index (κ1) is 16.1. The third kappa shape index (κ3) is 3.21. The van der Waals surface area contributed by atoms with Gasteiger partial charge in [0.1, 0.15) is 0 Å². The van der Waals surface area contributed by atoms with Gasteiger partial charge in [-0.25, -0.2) is 9.78 Å². The molecule has 3 amide bonds. The third-order valence-corrected chi connectivity index (χ3v) is 4.43. The van der Waals surface area contributed by atoms with Crippen LogP contribution in [0.1, 0.15) is 10.4 Å². The number of hydrogen-bond acceptors (Lipinski definition) is 4. The highest BCUT2D eigenvalue weighted by atomic mass is 16.2. The van der Waals surface area contributed by atoms with Crippen LogP contribution in [0, 0.1) is 0 Å². The van der Waals surface area contributed by atoms with Crippen molar-refractivity contribution in [3.05, 3.63) is 54.6 Å². The first-order valence-corrected chi connectivity index (χ1v) is 8.39. The number of nitrogens with zero attached hydrogens (tertiary/aromatic N) is 4. The molecule has 1 saturated heterocycles. The number of hydrogen-bond donors (Lipinski definition) is 2. The molecule has 2 aromatic heterocycles. The monoisotopic (exact) mass is 350 g/mol. The number of amides is 3. The van der Waals surface area contributed by atoms with E-state index < -0.39 is 0 Å². The Labute approximate surface area is 149 Å². The average Bonchev–Trinajstić information content (AvgIpc) is 3.16. The highest BCUT2D eigenvalue weighted by Crippen LogP contribution is 2.15. The number of H-pyrrole nitrogens is 1. The largest absolute Gasteiger partial charge is 0.345 e. The molecule has 0 saturated carbocycles. The summed E-state index contributed by atoms with van der Waals surface area (Å²) in [5.74, 6) is -0.0335. The second kappa shape index (κ2) is 6.83. The Morgan fingerprint density at radius 3 is 2.65 bits per heavy atom. The van der Waals surface area contributed by atoms with E-state index in [0.717, 1.165) is 11.0 Å². The maximum atomic E-state index is 12.7. The Hall–Kier alpha value is -3.42. The normalized spacial score (nSPS) is 14.5. The van der Waals surface area contributed by atoms with E-state index in [1.54, 1.807) is 46.7 Å². The molecule has 8 heteroatoms. The van der Waals surface area contributed by atoms with Crippen molar-refractivity contribution >= 4 is 28.7 Å². The number of carbonyl (C=O) groups is 2. The van der Waals surface area contributed by atoms with Crippen LogP contribution in [0.15, 0.2) is 49.1 Å². The Morgan fingerprint density at radius 2 is 1.88 bits per heavy atom. The molecule has 0 radical (unpaired) electrons. The van der Waals surface area contributed by atoms with Crippen LogP contribution < -0.4 is 5.32 Å². The van der Waals surface area contributed by atoms with E-state index in [1.165, 1.54) is 0 Å². The van der Waals surface area contributed by atoms with Crippen molar-refractivity contribution in [2.24, 2.45) is 0 Å². The zero-order valence-corrected chi connectivity index (χ0v) is 14.1. The SMILES string of the molecule is O=C(Nc1cccnc1)N1CCN(C(=O)c2ccc3nc[nH]c3c2)CC1. The number of imidazole rings is 1. The smallest absolute Gasteiger partial charge is 0.322 e. The predicted octanol–water partition coefficient (Wildman–Crippen LogP) is 1.95. The van der Waals surface area contributed by atoms with Gasteiger partial charge in [-0.05, 0) is 30.3 Å². The van der Waals surface area contributed by atoms with Crippen molar-refractivity contribution in [3.63, 3.8) is 0 Å². The molecule has 0 atom stereocenters. The van der Waals surface area contributed by atoms with Gasteiger partial charge in [-0.15, -0.1) is 0 Å². The number of rotatable bonds is 2. The fourth-order valence-electron chi connectivity index (χ4n) is 3.00. The minimum absolute atomic E-state index is 0.0335. The molecule has 3 aromatic rings. The molecule has 0 aliphatic carbocycles. The second-order valence-corrected chi connectivity index (χ2v) is 6.09. The topological polar surface area (TPSA) is 94.2 Å². The average molecular weight is 350 g/mol. The molecule has 1 aromatic carbocycles. The molecule has 0 unspecified atom stereocenters. The molecule has 1 aliphatic heterocycles. The lowest BCUT2D eigenvalue weighted by Crippen LogP contribution is -2.51. The fraction of sp³-hybridized carbons (Fsp3) is 0.222. The van der Waals surface area contributed by atoms with E-state index in [0.29, 0.717) is 37.4 Å². The number of nitrogens with one attached hydrogen (secondary N) is 2. The van der Waals surface area contributed by atoms with Gasteiger partial charge in [-0.2, -0.15) is 0 Å². The third-order valence-electron chi connectivity index (χ3n) is 4.43. The quantitative estimate of drug-likeness (QED) is 0.738. The van der Waals surface area contributed by atoms with Gasteiger partial charge in [0.05, 0.1) is 29.2 Å². The Kier molecular flexibility index (Phi) is 4.22. The van der Waals surface area contributed by atoms with Gasteiger partial charge in [0.2, 0.25) is 0 Å². The highest BCUT2D eigenvalue weighted by Gasteiger charge is 2.25. The summed E-state index contributed by atoms with van der Waals surface area (Å²) in [4.78, 5) is 39.6. The lowest BCUT2D eigenvalue weighted by atomic mass is 10.1. The van der Waals surface area contributed by atoms with Crippen molar-refractivity contribution in [1.29, 1.82) is 0 Å². The Morgan fingerprint density at radius 1 is 1.08 bits per heavy atom. The number of benzene rings is 1. The molecule has 26 heavy (non-hydrogen) atoms. The van der Waals surface area contributed by atoms with Gasteiger partial charge in [-0.3, -0.25) is 9.78 Å². The van der Waals surface area contributed by atoms with E-state index in [9.17, 15) is 9.59 Å². The molecule has 1 fully saturated rings. The summed E-state index contributed by atoms with van der Waals surface area (Å²) >= 11 is 0. The minimum Gasteiger partial charge on any atom is -0.345 e. The number of urea groups is 1. The van der Waals surface area contributed by atoms with Gasteiger partial charge >= 0.3 is 6.03 Å². The van der Waals surface area contributed by atoms with Gasteiger partial charge in [0.15, 0.2) is 0 Å². The molecular weight excluding hydrogens is 332 g/mol. The van der Waals surface area contributed by atoms with Crippen molar-refractivity contribution < 1.29 is 9.59 Å². The van der Waals surface area contributed by atoms with Gasteiger partial charge in [0, 0.05) is 37.9 Å². The first-order chi connectivity index (χ1) is 12.7. The lowest BCUT2D eigenvalue weighted by Gasteiger charge is -2.34. The zero-order chi connectivity index (χ0) is 17.9. The summed E-state index contributed by atoms with van der Waals surface area (Å²) in [5.41, 5.74) is 2.95. The van der Waals surface area contributed by atoms with Crippen LogP contribution in [-0.2, 0) is 0 Å². The first-order valence-electron chi connectivity index (χ1n) is 8.39. The molecule has 0 bridgehead atoms. The summed E-state index contributed by atoms with van der Waals surface area (Å²) in [6.07, 6.45) is 4.86. The summed E-state index contributed by atoms with van der Waals surface area (Å²) in [6.45, 7) is 1.98. The van der Waals surface area contributed by atoms with Crippen molar-refractivity contribution in [2.45, 2.75) is 0 Å². The molecular formula is C18H18N6O2. The minimum atomic E-state index is -0.177. The van der Waals surface area contributed by atoms with Crippen LogP contribution in [0.2, 0.25) is 0 Å². The highest BCUT2D eigenvalue weighted by molar-refractivity contribution is 5.97. The van der Waals surface area contributed by atoms with Crippen molar-refractivity contribution in [2.75, 3.05) is 31.5 Å². The maximum absolute atomic E-state index is 12.7. The van der Waals surface area contributed by atoms with Gasteiger partial charge in [0.25, 0.3) is 5.91 Å². The number of aromatic nitrogens is 3. The zero-order valence-electron chi connectivity index (χ0n) is 14.1. The molecule has 8 nitrogen and oxygen atoms in total. The van der Waals surface area contributed by atoms with Crippen LogP contribution in [-0.4, -0.2) is 62.9 Å². The summed E-state index contributed by atoms with van der Waals surface area (Å²) < 4.78 is 0. The molecule has 0 spiro atoms. The van der Waals surface area contributed by atoms with Gasteiger partial charge in [-0.1, -0.05) is 0 Å². The van der Waals surface area contributed by atoms with Crippen LogP contribution >= 0.6 is 0 Å². The summed E-state index contributed by atoms with van der Waals surface area (Å²) in [5, 5.41) is 2.81. The van der Waals surface area contributed by atoms with E-state index in [-0.39, 0.29) is 11.9 Å². The number of aromatic amines is 1. The summed E-state index contributed by atoms with van der Waals surface area (Å²) in [7, 11) is 0. The van der Waals surface area contributed by atoms with Crippen molar-refractivity contribution in [1.82, 2.24) is 24.8 Å². The van der Waals surface area contributed by atoms with Gasteiger partial charge < -0.3 is 20.1 Å². The van der Waals surface area contributed by atoms with Crippen LogP contribution in [0.4, 0.5) is 10.5 Å². The van der Waals surface area contributed by atoms with Crippen LogP contribution in [0.3, 0.4) is 0 Å². The Bertz CT molecular complexity index is 931. The number of piperazine rings is 1.